The number of nitrogen functional groups attached to an aromatic ring is 6. The Morgan fingerprint density at radius 3 is 1.01 bits per heavy atom. The van der Waals surface area contributed by atoms with E-state index in [-0.39, 0.29) is 118 Å². The molecular weight excluding hydrogens is 1150 g/mol. The monoisotopic (exact) mass is 1190 g/mol. The number of hydrogen-bond donors (Lipinski definition) is 7. The van der Waals surface area contributed by atoms with Gasteiger partial charge in [-0.2, -0.15) is 20.2 Å². The van der Waals surface area contributed by atoms with Crippen molar-refractivity contribution < 1.29 is 59.6 Å². The van der Waals surface area contributed by atoms with Crippen molar-refractivity contribution in [2.24, 2.45) is 0 Å². The van der Waals surface area contributed by atoms with Crippen LogP contribution in [0.1, 0.15) is 51.8 Å². The van der Waals surface area contributed by atoms with Crippen LogP contribution in [-0.4, -0.2) is 82.0 Å². The van der Waals surface area contributed by atoms with Gasteiger partial charge in [-0.25, -0.2) is 27.2 Å². The van der Waals surface area contributed by atoms with Gasteiger partial charge in [-0.15, -0.1) is 13.6 Å². The first kappa shape index (κ1) is 55.5. The van der Waals surface area contributed by atoms with E-state index in [1.165, 1.54) is 109 Å². The Morgan fingerprint density at radius 2 is 0.744 bits per heavy atom. The van der Waals surface area contributed by atoms with Gasteiger partial charge >= 0.3 is 8.17 Å². The molecule has 9 heterocycles. The van der Waals surface area contributed by atoms with E-state index in [1.807, 2.05) is 0 Å². The maximum atomic E-state index is 15.5. The molecule has 86 heavy (non-hydrogen) atoms. The Bertz CT molecular complexity index is 4320. The molecule has 3 aromatic carbocycles. The molecular formula is C54H43F3N18O10P+. The van der Waals surface area contributed by atoms with Gasteiger partial charge in [-0.1, -0.05) is 15.5 Å². The minimum atomic E-state index is -4.50. The molecule has 0 amide bonds. The number of benzene rings is 3. The summed E-state index contributed by atoms with van der Waals surface area (Å²) in [6.45, 7) is 2.30. The summed E-state index contributed by atoms with van der Waals surface area (Å²) in [6, 6.07) is 6.85. The van der Waals surface area contributed by atoms with Crippen molar-refractivity contribution in [3.63, 3.8) is 0 Å². The van der Waals surface area contributed by atoms with Crippen LogP contribution in [0.4, 0.5) is 47.7 Å². The van der Waals surface area contributed by atoms with Crippen LogP contribution in [0.2, 0.25) is 0 Å². The van der Waals surface area contributed by atoms with Crippen LogP contribution in [0, 0.1) is 17.5 Å². The molecule has 0 saturated heterocycles. The molecule has 12 aromatic rings. The van der Waals surface area contributed by atoms with E-state index in [2.05, 4.69) is 45.7 Å². The number of carbonyl (C=O) groups excluding carboxylic acids is 3. The van der Waals surface area contributed by atoms with Gasteiger partial charge in [0, 0.05) is 121 Å². The average Bonchev–Trinajstić information content (AvgIpc) is 1.90. The summed E-state index contributed by atoms with van der Waals surface area (Å²) in [5, 5.41) is 25.2. The molecule has 12 rings (SSSR count). The van der Waals surface area contributed by atoms with Gasteiger partial charge in [0.05, 0.1) is 51.8 Å². The predicted octanol–water partition coefficient (Wildman–Crippen LogP) is 8.40. The molecule has 9 aromatic heterocycles. The summed E-state index contributed by atoms with van der Waals surface area (Å²) >= 11 is 0. The Hall–Kier alpha value is -11.0. The molecule has 0 radical (unpaired) electrons. The van der Waals surface area contributed by atoms with Gasteiger partial charge in [0.1, 0.15) is 17.5 Å². The lowest BCUT2D eigenvalue weighted by molar-refractivity contribution is 0.0194. The maximum Gasteiger partial charge on any atom is 0.578 e. The van der Waals surface area contributed by atoms with Crippen molar-refractivity contribution >= 4 is 92.9 Å². The molecule has 434 valence electrons. The van der Waals surface area contributed by atoms with Crippen LogP contribution in [0.15, 0.2) is 106 Å². The molecule has 0 spiro atoms. The van der Waals surface area contributed by atoms with E-state index < -0.39 is 63.2 Å². The number of nitrogens with zero attached hydrogens (tertiary/aromatic N) is 12. The molecule has 32 heteroatoms. The van der Waals surface area contributed by atoms with E-state index >= 15 is 13.2 Å². The fourth-order valence-corrected chi connectivity index (χ4v) is 10.6. The highest BCUT2D eigenvalue weighted by atomic mass is 31.2. The summed E-state index contributed by atoms with van der Waals surface area (Å²) in [4.78, 5) is 62.7. The molecule has 0 fully saturated rings. The summed E-state index contributed by atoms with van der Waals surface area (Å²) in [6.07, 6.45) is 12.8. The number of Topliss-reactive ketones (excluding diaryl/α,β-unsaturated/α-hetero) is 3. The highest BCUT2D eigenvalue weighted by molar-refractivity contribution is 7.55. The summed E-state index contributed by atoms with van der Waals surface area (Å²) in [7, 11) is -4.50. The van der Waals surface area contributed by atoms with Gasteiger partial charge in [0.2, 0.25) is 0 Å². The van der Waals surface area contributed by atoms with Crippen molar-refractivity contribution in [2.75, 3.05) is 34.4 Å². The fourth-order valence-electron chi connectivity index (χ4n) is 9.58. The second-order valence-corrected chi connectivity index (χ2v) is 21.1. The minimum absolute atomic E-state index is 0.0272. The van der Waals surface area contributed by atoms with Crippen LogP contribution in [0.3, 0.4) is 0 Å². The first-order valence-corrected chi connectivity index (χ1v) is 26.7. The van der Waals surface area contributed by atoms with Gasteiger partial charge < -0.3 is 48.0 Å². The quantitative estimate of drug-likeness (QED) is 0.0241. The largest absolute Gasteiger partial charge is 0.578 e. The normalized spacial score (nSPS) is 11.9. The first-order valence-electron chi connectivity index (χ1n) is 25.2. The molecule has 0 aliphatic rings. The number of rotatable bonds is 18. The molecule has 0 unspecified atom stereocenters. The van der Waals surface area contributed by atoms with Crippen molar-refractivity contribution in [1.82, 2.24) is 59.8 Å². The van der Waals surface area contributed by atoms with Gasteiger partial charge in [-0.3, -0.25) is 29.3 Å². The van der Waals surface area contributed by atoms with Crippen molar-refractivity contribution in [1.29, 1.82) is 0 Å². The van der Waals surface area contributed by atoms with E-state index in [4.69, 9.17) is 61.5 Å². The van der Waals surface area contributed by atoms with E-state index in [0.29, 0.717) is 33.4 Å². The minimum Gasteiger partial charge on any atom is -0.398 e. The second-order valence-electron chi connectivity index (χ2n) is 19.4. The maximum absolute atomic E-state index is 15.5. The number of pyridine rings is 3. The zero-order chi connectivity index (χ0) is 60.6. The molecule has 0 saturated carbocycles. The molecule has 13 N–H and O–H groups in total. The lowest BCUT2D eigenvalue weighted by Gasteiger charge is -2.15. The molecule has 0 bridgehead atoms. The highest BCUT2D eigenvalue weighted by Crippen LogP contribution is 2.59. The van der Waals surface area contributed by atoms with Crippen LogP contribution in [-0.2, 0) is 33.8 Å². The highest BCUT2D eigenvalue weighted by Gasteiger charge is 2.46. The van der Waals surface area contributed by atoms with Crippen molar-refractivity contribution in [2.45, 2.75) is 41.0 Å². The number of nitrogens with two attached hydrogens (primary N) is 6. The number of hydrogen-bond acceptors (Lipinski definition) is 25. The van der Waals surface area contributed by atoms with Crippen molar-refractivity contribution in [3.8, 4) is 67.2 Å². The number of fused-ring (bicyclic) bond motifs is 3. The topological polar surface area (TPSA) is 425 Å². The number of carbonyl (C=O) groups is 3. The van der Waals surface area contributed by atoms with Crippen LogP contribution < -0.4 is 34.4 Å². The molecule has 0 aliphatic heterocycles. The standard InChI is InChI=1S/C54H42F3N18O10P/c1-22(76)28-4-31(37(55)7-40(28)58)46-43-49(83-70-52(43)61)34(13-64-46)25-10-67-73(16-25)19-80-86(79,81-20-74-17-26(11-68-74)35-14-65-47(44-50(35)84-71-53(44)62)32-5-29(23(2)77)41(59)8-38(32)56)82-21-75-18-27(12-69-75)36-15-66-48(45-51(36)85-72-54(45)63)33-6-30(24(3)78)42(60)9-39(33)57/h4-18,79H,19-21H2,1-3H3,(H11-,58,59,60,61,62,63,64,65,66,70,71,72,76,77,78)/p+1. The smallest absolute Gasteiger partial charge is 0.398 e. The van der Waals surface area contributed by atoms with Crippen LogP contribution in [0.25, 0.3) is 100 Å². The molecule has 28 nitrogen and oxygen atoms in total. The van der Waals surface area contributed by atoms with Crippen molar-refractivity contribution in [3.05, 3.63) is 126 Å². The Morgan fingerprint density at radius 1 is 0.465 bits per heavy atom. The van der Waals surface area contributed by atoms with E-state index in [9.17, 15) is 19.3 Å². The van der Waals surface area contributed by atoms with Gasteiger partial charge in [-0.05, 0) is 57.2 Å². The summed E-state index contributed by atoms with van der Waals surface area (Å²) < 4.78 is 85.0. The summed E-state index contributed by atoms with van der Waals surface area (Å²) in [5.74, 6) is -3.90. The van der Waals surface area contributed by atoms with Crippen LogP contribution in [0.5, 0.6) is 0 Å². The third kappa shape index (κ3) is 9.86. The Kier molecular flexibility index (Phi) is 13.8. The Labute approximate surface area is 479 Å². The zero-order valence-corrected chi connectivity index (χ0v) is 45.7. The molecule has 0 atom stereocenters. The number of halogens is 3. The zero-order valence-electron chi connectivity index (χ0n) is 44.8. The second kappa shape index (κ2) is 21.3. The van der Waals surface area contributed by atoms with Gasteiger partial charge in [0.15, 0.2) is 71.7 Å². The lowest BCUT2D eigenvalue weighted by Crippen LogP contribution is -2.14. The number of ketones is 3. The Balaban J connectivity index is 0.832. The predicted molar refractivity (Wildman–Crippen MR) is 304 cm³/mol. The third-order valence-electron chi connectivity index (χ3n) is 13.8. The van der Waals surface area contributed by atoms with Crippen LogP contribution >= 0.6 is 8.17 Å². The fraction of sp³-hybridized carbons (Fsp3) is 0.111. The third-order valence-corrected chi connectivity index (χ3v) is 15.1. The van der Waals surface area contributed by atoms with E-state index in [1.54, 1.807) is 0 Å². The first-order chi connectivity index (χ1) is 41.1. The van der Waals surface area contributed by atoms with Gasteiger partial charge in [0.25, 0.3) is 0 Å². The average molecular weight is 1190 g/mol. The molecule has 0 aliphatic carbocycles. The number of anilines is 6. The lowest BCUT2D eigenvalue weighted by atomic mass is 9.99. The summed E-state index contributed by atoms with van der Waals surface area (Å²) in [5.41, 5.74) is 38.7. The van der Waals surface area contributed by atoms with E-state index in [0.717, 1.165) is 18.2 Å². The SMILES string of the molecule is CC(=O)c1cc(-c2ncc(-c3cnn(CO[P+](O)(OCn4cc(-c5cnc(-c6cc(C(C)=O)c(N)cc6F)c6c(N)noc56)cn4)OCn4cc(-c5cnc(-c6cc(C(C)=O)c(N)cc6F)c6c(N)noc56)cn4)c3)c3onc(N)c23)c(F)cc1N. The number of aromatic nitrogens is 12.